The molecule has 8 heteroatoms. The number of halogens is 1. The van der Waals surface area contributed by atoms with Crippen LogP contribution in [-0.4, -0.2) is 33.8 Å². The molecule has 1 aliphatic heterocycles. The Labute approximate surface area is 178 Å². The maximum atomic E-state index is 13.2. The van der Waals surface area contributed by atoms with Crippen molar-refractivity contribution in [2.24, 2.45) is 0 Å². The van der Waals surface area contributed by atoms with Gasteiger partial charge in [-0.25, -0.2) is 14.1 Å². The lowest BCUT2D eigenvalue weighted by Gasteiger charge is -2.21. The zero-order chi connectivity index (χ0) is 21.8. The topological polar surface area (TPSA) is 82.6 Å². The van der Waals surface area contributed by atoms with Gasteiger partial charge in [-0.3, -0.25) is 14.6 Å². The minimum absolute atomic E-state index is 0.135. The normalized spacial score (nSPS) is 16.0. The van der Waals surface area contributed by atoms with Crippen molar-refractivity contribution >= 4 is 29.2 Å². The lowest BCUT2D eigenvalue weighted by Crippen LogP contribution is -2.37. The number of hydrogen-bond acceptors (Lipinski definition) is 4. The van der Waals surface area contributed by atoms with Gasteiger partial charge in [-0.1, -0.05) is 24.3 Å². The summed E-state index contributed by atoms with van der Waals surface area (Å²) in [6.07, 6.45) is 2.99. The van der Waals surface area contributed by atoms with Gasteiger partial charge in [0.2, 0.25) is 5.91 Å². The predicted molar refractivity (Wildman–Crippen MR) is 113 cm³/mol. The number of amides is 4. The number of carbonyl (C=O) groups excluding carboxylic acids is 3. The van der Waals surface area contributed by atoms with Crippen LogP contribution in [-0.2, 0) is 16.1 Å². The minimum atomic E-state index is -0.978. The molecule has 0 saturated carbocycles. The second-order valence-corrected chi connectivity index (χ2v) is 7.06. The fraction of sp³-hybridized carbons (Fsp3) is 0.130. The van der Waals surface area contributed by atoms with Crippen molar-refractivity contribution in [3.63, 3.8) is 0 Å². The van der Waals surface area contributed by atoms with E-state index in [9.17, 15) is 18.8 Å². The number of aromatic nitrogens is 1. The van der Waals surface area contributed by atoms with Crippen LogP contribution in [0.1, 0.15) is 12.0 Å². The molecule has 3 aromatic rings. The van der Waals surface area contributed by atoms with Gasteiger partial charge in [-0.15, -0.1) is 0 Å². The summed E-state index contributed by atoms with van der Waals surface area (Å²) in [7, 11) is 0. The van der Waals surface area contributed by atoms with Gasteiger partial charge < -0.3 is 10.2 Å². The third kappa shape index (κ3) is 4.42. The van der Waals surface area contributed by atoms with E-state index in [2.05, 4.69) is 10.3 Å². The van der Waals surface area contributed by atoms with E-state index < -0.39 is 29.7 Å². The molecule has 0 bridgehead atoms. The predicted octanol–water partition coefficient (Wildman–Crippen LogP) is 3.59. The van der Waals surface area contributed by atoms with E-state index in [1.165, 1.54) is 29.2 Å². The summed E-state index contributed by atoms with van der Waals surface area (Å²) in [5.74, 6) is -1.35. The van der Waals surface area contributed by atoms with Gasteiger partial charge in [-0.05, 0) is 48.0 Å². The largest absolute Gasteiger partial charge is 0.332 e. The maximum absolute atomic E-state index is 13.2. The molecule has 31 heavy (non-hydrogen) atoms. The monoisotopic (exact) mass is 418 g/mol. The van der Waals surface area contributed by atoms with E-state index >= 15 is 0 Å². The van der Waals surface area contributed by atoms with E-state index in [1.807, 2.05) is 0 Å². The number of imide groups is 1. The number of hydrogen-bond donors (Lipinski definition) is 1. The molecule has 4 rings (SSSR count). The van der Waals surface area contributed by atoms with Crippen molar-refractivity contribution < 1.29 is 18.8 Å². The van der Waals surface area contributed by atoms with E-state index in [1.54, 1.807) is 54.9 Å². The highest BCUT2D eigenvalue weighted by Crippen LogP contribution is 2.28. The SMILES string of the molecule is O=C(CC1C(=O)N(c2ccccc2)C(=O)N1Cc1cccnc1)Nc1ccc(F)cc1. The Morgan fingerprint density at radius 1 is 1.00 bits per heavy atom. The first-order valence-electron chi connectivity index (χ1n) is 9.67. The van der Waals surface area contributed by atoms with Gasteiger partial charge in [0.15, 0.2) is 0 Å². The highest BCUT2D eigenvalue weighted by Gasteiger charge is 2.46. The van der Waals surface area contributed by atoms with Crippen molar-refractivity contribution in [1.82, 2.24) is 9.88 Å². The molecule has 4 amide bonds. The van der Waals surface area contributed by atoms with E-state index in [0.29, 0.717) is 11.4 Å². The summed E-state index contributed by atoms with van der Waals surface area (Å²) < 4.78 is 13.1. The molecule has 2 aromatic carbocycles. The highest BCUT2D eigenvalue weighted by atomic mass is 19.1. The van der Waals surface area contributed by atoms with Gasteiger partial charge >= 0.3 is 6.03 Å². The smallest absolute Gasteiger partial charge is 0.326 e. The minimum Gasteiger partial charge on any atom is -0.326 e. The van der Waals surface area contributed by atoms with Crippen molar-refractivity contribution in [2.45, 2.75) is 19.0 Å². The number of carbonyl (C=O) groups is 3. The first kappa shape index (κ1) is 20.2. The van der Waals surface area contributed by atoms with Gasteiger partial charge in [-0.2, -0.15) is 0 Å². The molecule has 1 aliphatic rings. The molecule has 0 aliphatic carbocycles. The number of pyridine rings is 1. The Hall–Kier alpha value is -4.07. The zero-order valence-electron chi connectivity index (χ0n) is 16.4. The second-order valence-electron chi connectivity index (χ2n) is 7.06. The number of nitrogens with zero attached hydrogens (tertiary/aromatic N) is 3. The quantitative estimate of drug-likeness (QED) is 0.621. The van der Waals surface area contributed by atoms with Crippen LogP contribution < -0.4 is 10.2 Å². The second kappa shape index (κ2) is 8.74. The van der Waals surface area contributed by atoms with Crippen LogP contribution in [0.4, 0.5) is 20.6 Å². The molecule has 0 spiro atoms. The fourth-order valence-electron chi connectivity index (χ4n) is 3.44. The van der Waals surface area contributed by atoms with Crippen LogP contribution in [0.25, 0.3) is 0 Å². The number of nitrogens with one attached hydrogen (secondary N) is 1. The van der Waals surface area contributed by atoms with Gasteiger partial charge in [0.1, 0.15) is 11.9 Å². The molecule has 1 saturated heterocycles. The number of urea groups is 1. The lowest BCUT2D eigenvalue weighted by molar-refractivity contribution is -0.124. The standard InChI is InChI=1S/C23H19FN4O3/c24-17-8-10-18(11-9-17)26-21(29)13-20-22(30)28(19-6-2-1-3-7-19)23(31)27(20)15-16-5-4-12-25-14-16/h1-12,14,20H,13,15H2,(H,26,29). The number of anilines is 2. The third-order valence-electron chi connectivity index (χ3n) is 4.92. The third-order valence-corrected chi connectivity index (χ3v) is 4.92. The van der Waals surface area contributed by atoms with Crippen LogP contribution >= 0.6 is 0 Å². The van der Waals surface area contributed by atoms with Crippen molar-refractivity contribution in [3.8, 4) is 0 Å². The Morgan fingerprint density at radius 3 is 2.42 bits per heavy atom. The number of rotatable bonds is 6. The molecule has 1 N–H and O–H groups in total. The van der Waals surface area contributed by atoms with Crippen molar-refractivity contribution in [2.75, 3.05) is 10.2 Å². The van der Waals surface area contributed by atoms with Crippen LogP contribution in [0.3, 0.4) is 0 Å². The van der Waals surface area contributed by atoms with Crippen molar-refractivity contribution in [3.05, 3.63) is 90.5 Å². The summed E-state index contributed by atoms with van der Waals surface area (Å²) in [4.78, 5) is 45.4. The molecular formula is C23H19FN4O3. The molecule has 156 valence electrons. The van der Waals surface area contributed by atoms with Crippen LogP contribution in [0, 0.1) is 5.82 Å². The molecule has 7 nitrogen and oxygen atoms in total. The Balaban J connectivity index is 1.58. The molecule has 1 unspecified atom stereocenters. The Bertz CT molecular complexity index is 1090. The van der Waals surface area contributed by atoms with Crippen LogP contribution in [0.5, 0.6) is 0 Å². The number of para-hydroxylation sites is 1. The fourth-order valence-corrected chi connectivity index (χ4v) is 3.44. The summed E-state index contributed by atoms with van der Waals surface area (Å²) in [5, 5.41) is 2.64. The molecule has 1 fully saturated rings. The molecular weight excluding hydrogens is 399 g/mol. The lowest BCUT2D eigenvalue weighted by atomic mass is 10.1. The average molecular weight is 418 g/mol. The molecule has 1 aromatic heterocycles. The van der Waals surface area contributed by atoms with Crippen LogP contribution in [0.15, 0.2) is 79.1 Å². The summed E-state index contributed by atoms with van der Waals surface area (Å²) in [6, 6.07) is 16.0. The van der Waals surface area contributed by atoms with Crippen LogP contribution in [0.2, 0.25) is 0 Å². The molecule has 2 heterocycles. The summed E-state index contributed by atoms with van der Waals surface area (Å²) in [5.41, 5.74) is 1.58. The zero-order valence-corrected chi connectivity index (χ0v) is 16.4. The van der Waals surface area contributed by atoms with E-state index in [-0.39, 0.29) is 13.0 Å². The van der Waals surface area contributed by atoms with Gasteiger partial charge in [0.05, 0.1) is 12.1 Å². The molecule has 1 atom stereocenters. The van der Waals surface area contributed by atoms with E-state index in [0.717, 1.165) is 10.5 Å². The Morgan fingerprint density at radius 2 is 1.74 bits per heavy atom. The average Bonchev–Trinajstić information content (AvgIpc) is 3.00. The van der Waals surface area contributed by atoms with Gasteiger partial charge in [0.25, 0.3) is 5.91 Å². The first-order chi connectivity index (χ1) is 15.0. The Kier molecular flexibility index (Phi) is 5.70. The summed E-state index contributed by atoms with van der Waals surface area (Å²) in [6.45, 7) is 0.135. The maximum Gasteiger partial charge on any atom is 0.332 e. The summed E-state index contributed by atoms with van der Waals surface area (Å²) >= 11 is 0. The molecule has 0 radical (unpaired) electrons. The van der Waals surface area contributed by atoms with Crippen molar-refractivity contribution in [1.29, 1.82) is 0 Å². The first-order valence-corrected chi connectivity index (χ1v) is 9.67. The van der Waals surface area contributed by atoms with Gasteiger partial charge in [0, 0.05) is 24.6 Å². The van der Waals surface area contributed by atoms with E-state index in [4.69, 9.17) is 0 Å². The highest BCUT2D eigenvalue weighted by molar-refractivity contribution is 6.22. The number of benzene rings is 2.